The van der Waals surface area contributed by atoms with E-state index < -0.39 is 11.6 Å². The third kappa shape index (κ3) is 3.52. The number of carbonyl (C=O) groups is 1. The van der Waals surface area contributed by atoms with Crippen LogP contribution in [-0.4, -0.2) is 11.0 Å². The lowest BCUT2D eigenvalue weighted by atomic mass is 10.2. The number of rotatable bonds is 3. The molecule has 0 unspecified atom stereocenters. The third-order valence-corrected chi connectivity index (χ3v) is 3.10. The largest absolute Gasteiger partial charge is 0.427 e. The highest BCUT2D eigenvalue weighted by Crippen LogP contribution is 2.18. The van der Waals surface area contributed by atoms with Crippen LogP contribution in [0.15, 0.2) is 57.7 Å². The number of carbonyl (C=O) groups excluding carboxylic acids is 1. The quantitative estimate of drug-likeness (QED) is 0.548. The molecule has 0 aliphatic heterocycles. The molecule has 0 spiro atoms. The minimum Gasteiger partial charge on any atom is -0.427 e. The first kappa shape index (κ1) is 14.7. The second-order valence-corrected chi connectivity index (χ2v) is 4.86. The van der Waals surface area contributed by atoms with Crippen molar-refractivity contribution >= 4 is 29.0 Å². The van der Waals surface area contributed by atoms with Crippen molar-refractivity contribution in [1.29, 1.82) is 0 Å². The molecular formula is C18H13NO4. The van der Waals surface area contributed by atoms with Gasteiger partial charge in [0.25, 0.3) is 0 Å². The molecule has 0 saturated heterocycles. The minimum atomic E-state index is -0.531. The van der Waals surface area contributed by atoms with Crippen LogP contribution in [0.5, 0.6) is 5.75 Å². The molecule has 1 aromatic heterocycles. The first-order valence-electron chi connectivity index (χ1n) is 6.98. The predicted molar refractivity (Wildman–Crippen MR) is 87.0 cm³/mol. The van der Waals surface area contributed by atoms with Crippen LogP contribution in [0.1, 0.15) is 18.4 Å². The molecular weight excluding hydrogens is 294 g/mol. The van der Waals surface area contributed by atoms with Crippen molar-refractivity contribution in [3.05, 3.63) is 70.4 Å². The maximum absolute atomic E-state index is 12.1. The Kier molecular flexibility index (Phi) is 4.01. The van der Waals surface area contributed by atoms with E-state index in [2.05, 4.69) is 4.98 Å². The van der Waals surface area contributed by atoms with Crippen LogP contribution < -0.4 is 10.4 Å². The van der Waals surface area contributed by atoms with Crippen molar-refractivity contribution in [3.63, 3.8) is 0 Å². The van der Waals surface area contributed by atoms with Gasteiger partial charge in [-0.05, 0) is 29.8 Å². The number of nitrogens with zero attached hydrogens (tertiary/aromatic N) is 1. The van der Waals surface area contributed by atoms with Crippen molar-refractivity contribution in [2.24, 2.45) is 0 Å². The molecule has 3 rings (SSSR count). The molecule has 0 aliphatic rings. The van der Waals surface area contributed by atoms with E-state index >= 15 is 0 Å². The molecule has 0 bridgehead atoms. The van der Waals surface area contributed by atoms with Crippen LogP contribution in [0.2, 0.25) is 0 Å². The third-order valence-electron chi connectivity index (χ3n) is 3.10. The smallest absolute Gasteiger partial charge is 0.347 e. The van der Waals surface area contributed by atoms with Gasteiger partial charge in [0.05, 0.1) is 10.9 Å². The fourth-order valence-electron chi connectivity index (χ4n) is 2.10. The summed E-state index contributed by atoms with van der Waals surface area (Å²) in [4.78, 5) is 27.3. The maximum atomic E-state index is 12.1. The molecule has 0 N–H and O–H groups in total. The zero-order valence-corrected chi connectivity index (χ0v) is 12.4. The number of fused-ring (bicyclic) bond motifs is 1. The fourth-order valence-corrected chi connectivity index (χ4v) is 2.10. The topological polar surface area (TPSA) is 69.4 Å². The normalized spacial score (nSPS) is 11.0. The number of hydrogen-bond acceptors (Lipinski definition) is 5. The van der Waals surface area contributed by atoms with Gasteiger partial charge in [-0.1, -0.05) is 30.3 Å². The number of benzene rings is 2. The summed E-state index contributed by atoms with van der Waals surface area (Å²) in [6.45, 7) is 1.29. The summed E-state index contributed by atoms with van der Waals surface area (Å²) >= 11 is 0. The average Bonchev–Trinajstić information content (AvgIpc) is 2.54. The molecule has 0 amide bonds. The maximum Gasteiger partial charge on any atom is 0.347 e. The molecule has 5 nitrogen and oxygen atoms in total. The van der Waals surface area contributed by atoms with Crippen LogP contribution in [0.25, 0.3) is 23.1 Å². The number of esters is 1. The lowest BCUT2D eigenvalue weighted by molar-refractivity contribution is -0.131. The van der Waals surface area contributed by atoms with Gasteiger partial charge in [-0.2, -0.15) is 0 Å². The van der Waals surface area contributed by atoms with E-state index in [9.17, 15) is 9.59 Å². The van der Waals surface area contributed by atoms with Crippen LogP contribution in [0, 0.1) is 0 Å². The Bertz CT molecular complexity index is 942. The van der Waals surface area contributed by atoms with Gasteiger partial charge >= 0.3 is 11.6 Å². The van der Waals surface area contributed by atoms with E-state index in [1.165, 1.54) is 13.0 Å². The lowest BCUT2D eigenvalue weighted by Gasteiger charge is -2.02. The van der Waals surface area contributed by atoms with Gasteiger partial charge < -0.3 is 9.15 Å². The SMILES string of the molecule is CC(=O)Oc1ccc2nc(/C=C/c3ccccc3)oc(=O)c2c1. The summed E-state index contributed by atoms with van der Waals surface area (Å²) in [7, 11) is 0. The zero-order valence-electron chi connectivity index (χ0n) is 12.4. The second kappa shape index (κ2) is 6.27. The van der Waals surface area contributed by atoms with Crippen molar-refractivity contribution in [1.82, 2.24) is 4.98 Å². The molecule has 5 heteroatoms. The summed E-state index contributed by atoms with van der Waals surface area (Å²) in [6, 6.07) is 14.3. The highest BCUT2D eigenvalue weighted by Gasteiger charge is 2.07. The summed E-state index contributed by atoms with van der Waals surface area (Å²) in [6.07, 6.45) is 3.44. The molecule has 23 heavy (non-hydrogen) atoms. The second-order valence-electron chi connectivity index (χ2n) is 4.86. The van der Waals surface area contributed by atoms with E-state index in [1.54, 1.807) is 18.2 Å². The first-order valence-corrected chi connectivity index (χ1v) is 6.98. The molecule has 0 atom stereocenters. The number of ether oxygens (including phenoxy) is 1. The van der Waals surface area contributed by atoms with Gasteiger partial charge in [0.1, 0.15) is 5.75 Å². The van der Waals surface area contributed by atoms with Gasteiger partial charge in [0, 0.05) is 13.0 Å². The van der Waals surface area contributed by atoms with Gasteiger partial charge in [-0.15, -0.1) is 0 Å². The Labute approximate surface area is 131 Å². The highest BCUT2D eigenvalue weighted by atomic mass is 16.5. The first-order chi connectivity index (χ1) is 11.1. The van der Waals surface area contributed by atoms with Crippen LogP contribution in [0.4, 0.5) is 0 Å². The van der Waals surface area contributed by atoms with E-state index in [0.29, 0.717) is 5.52 Å². The van der Waals surface area contributed by atoms with Gasteiger partial charge in [0.15, 0.2) is 0 Å². The predicted octanol–water partition coefficient (Wildman–Crippen LogP) is 3.28. The van der Waals surface area contributed by atoms with Gasteiger partial charge in [0.2, 0.25) is 5.89 Å². The van der Waals surface area contributed by atoms with E-state index in [0.717, 1.165) is 5.56 Å². The average molecular weight is 307 g/mol. The zero-order chi connectivity index (χ0) is 16.2. The standard InChI is InChI=1S/C18H13NO4/c1-12(20)22-14-8-9-16-15(11-14)18(21)23-17(19-16)10-7-13-5-3-2-4-6-13/h2-11H,1H3/b10-7+. The van der Waals surface area contributed by atoms with Gasteiger partial charge in [-0.3, -0.25) is 4.79 Å². The Morgan fingerprint density at radius 3 is 2.65 bits per heavy atom. The summed E-state index contributed by atoms with van der Waals surface area (Å²) in [5, 5.41) is 0.264. The van der Waals surface area contributed by atoms with E-state index in [4.69, 9.17) is 9.15 Å². The molecule has 0 radical (unpaired) electrons. The molecule has 114 valence electrons. The van der Waals surface area contributed by atoms with Crippen molar-refractivity contribution < 1.29 is 13.9 Å². The molecule has 0 fully saturated rings. The van der Waals surface area contributed by atoms with Crippen molar-refractivity contribution in [2.75, 3.05) is 0 Å². The van der Waals surface area contributed by atoms with Crippen LogP contribution in [0.3, 0.4) is 0 Å². The molecule has 0 saturated carbocycles. The number of hydrogen-bond donors (Lipinski definition) is 0. The Morgan fingerprint density at radius 2 is 1.91 bits per heavy atom. The Morgan fingerprint density at radius 1 is 1.13 bits per heavy atom. The van der Waals surface area contributed by atoms with Gasteiger partial charge in [-0.25, -0.2) is 9.78 Å². The lowest BCUT2D eigenvalue weighted by Crippen LogP contribution is -2.05. The van der Waals surface area contributed by atoms with Crippen molar-refractivity contribution in [3.8, 4) is 5.75 Å². The van der Waals surface area contributed by atoms with E-state index in [-0.39, 0.29) is 17.0 Å². The fraction of sp³-hybridized carbons (Fsp3) is 0.0556. The summed E-state index contributed by atoms with van der Waals surface area (Å²) in [5.41, 5.74) is 0.920. The number of aromatic nitrogens is 1. The van der Waals surface area contributed by atoms with Crippen molar-refractivity contribution in [2.45, 2.75) is 6.92 Å². The summed E-state index contributed by atoms with van der Waals surface area (Å²) in [5.74, 6) is 0.0439. The molecule has 3 aromatic rings. The van der Waals surface area contributed by atoms with E-state index in [1.807, 2.05) is 36.4 Å². The minimum absolute atomic E-state index is 0.214. The highest BCUT2D eigenvalue weighted by molar-refractivity contribution is 5.81. The molecule has 2 aromatic carbocycles. The monoisotopic (exact) mass is 307 g/mol. The summed E-state index contributed by atoms with van der Waals surface area (Å²) < 4.78 is 10.1. The molecule has 1 heterocycles. The molecule has 0 aliphatic carbocycles. The van der Waals surface area contributed by atoms with Crippen LogP contribution in [-0.2, 0) is 4.79 Å². The Hall–Kier alpha value is -3.21. The van der Waals surface area contributed by atoms with Crippen LogP contribution >= 0.6 is 0 Å². The Balaban J connectivity index is 1.97.